The van der Waals surface area contributed by atoms with Crippen LogP contribution in [0.2, 0.25) is 0 Å². The molecule has 2 aromatic rings. The molecule has 3 rings (SSSR count). The standard InChI is InChI=1S/C19H22N2O4S/c1-11-16(19(23)24)26-18(21-11)12(2)20-17(22)14-9-6-10-25-15(14)13-7-4-3-5-8-13/h3-5,7-8,12,14-15H,6,9-10H2,1-2H3,(H,20,22)(H,23,24). The minimum absolute atomic E-state index is 0.0872. The van der Waals surface area contributed by atoms with Gasteiger partial charge in [-0.15, -0.1) is 11.3 Å². The molecule has 0 saturated carbocycles. The zero-order chi connectivity index (χ0) is 18.7. The third-order valence-corrected chi connectivity index (χ3v) is 5.85. The highest BCUT2D eigenvalue weighted by Gasteiger charge is 2.34. The van der Waals surface area contributed by atoms with E-state index in [-0.39, 0.29) is 28.8 Å². The predicted octanol–water partition coefficient (Wildman–Crippen LogP) is 3.49. The molecule has 0 bridgehead atoms. The first-order valence-corrected chi connectivity index (χ1v) is 9.46. The summed E-state index contributed by atoms with van der Waals surface area (Å²) < 4.78 is 5.89. The number of carbonyl (C=O) groups excluding carboxylic acids is 1. The van der Waals surface area contributed by atoms with E-state index in [2.05, 4.69) is 10.3 Å². The summed E-state index contributed by atoms with van der Waals surface area (Å²) in [5.74, 6) is -1.35. The van der Waals surface area contributed by atoms with E-state index in [9.17, 15) is 14.7 Å². The van der Waals surface area contributed by atoms with E-state index < -0.39 is 5.97 Å². The molecule has 1 saturated heterocycles. The van der Waals surface area contributed by atoms with Crippen molar-refractivity contribution in [1.29, 1.82) is 0 Å². The maximum atomic E-state index is 12.9. The minimum Gasteiger partial charge on any atom is -0.477 e. The van der Waals surface area contributed by atoms with Crippen molar-refractivity contribution in [1.82, 2.24) is 10.3 Å². The van der Waals surface area contributed by atoms with Crippen LogP contribution in [-0.4, -0.2) is 28.6 Å². The van der Waals surface area contributed by atoms with Crippen LogP contribution in [0.1, 0.15) is 57.8 Å². The Hall–Kier alpha value is -2.25. The maximum Gasteiger partial charge on any atom is 0.347 e. The molecule has 138 valence electrons. The number of hydrogen-bond donors (Lipinski definition) is 2. The zero-order valence-electron chi connectivity index (χ0n) is 14.8. The second-order valence-electron chi connectivity index (χ2n) is 6.45. The Morgan fingerprint density at radius 3 is 2.73 bits per heavy atom. The van der Waals surface area contributed by atoms with Crippen molar-refractivity contribution in [2.24, 2.45) is 5.92 Å². The number of aromatic nitrogens is 1. The van der Waals surface area contributed by atoms with Gasteiger partial charge in [-0.05, 0) is 32.3 Å². The molecule has 0 spiro atoms. The molecular formula is C19H22N2O4S. The summed E-state index contributed by atoms with van der Waals surface area (Å²) in [6.45, 7) is 4.13. The molecule has 7 heteroatoms. The van der Waals surface area contributed by atoms with E-state index in [0.717, 1.165) is 29.7 Å². The first-order valence-electron chi connectivity index (χ1n) is 8.65. The Morgan fingerprint density at radius 2 is 2.08 bits per heavy atom. The predicted molar refractivity (Wildman–Crippen MR) is 98.2 cm³/mol. The molecular weight excluding hydrogens is 352 g/mol. The number of amides is 1. The average Bonchev–Trinajstić information content (AvgIpc) is 3.04. The lowest BCUT2D eigenvalue weighted by Crippen LogP contribution is -2.38. The summed E-state index contributed by atoms with van der Waals surface area (Å²) in [5.41, 5.74) is 1.47. The van der Waals surface area contributed by atoms with Gasteiger partial charge in [-0.3, -0.25) is 4.79 Å². The number of ether oxygens (including phenoxy) is 1. The molecule has 0 aliphatic carbocycles. The molecule has 6 nitrogen and oxygen atoms in total. The number of rotatable bonds is 5. The number of aromatic carboxylic acids is 1. The minimum atomic E-state index is -0.991. The monoisotopic (exact) mass is 374 g/mol. The fraction of sp³-hybridized carbons (Fsp3) is 0.421. The van der Waals surface area contributed by atoms with Gasteiger partial charge in [-0.1, -0.05) is 30.3 Å². The number of aryl methyl sites for hydroxylation is 1. The van der Waals surface area contributed by atoms with Crippen molar-refractivity contribution < 1.29 is 19.4 Å². The van der Waals surface area contributed by atoms with Gasteiger partial charge < -0.3 is 15.2 Å². The lowest BCUT2D eigenvalue weighted by molar-refractivity contribution is -0.135. The average molecular weight is 374 g/mol. The lowest BCUT2D eigenvalue weighted by Gasteiger charge is -2.31. The molecule has 1 aromatic heterocycles. The maximum absolute atomic E-state index is 12.9. The molecule has 1 fully saturated rings. The molecule has 0 radical (unpaired) electrons. The molecule has 1 aliphatic heterocycles. The Morgan fingerprint density at radius 1 is 1.35 bits per heavy atom. The molecule has 3 unspecified atom stereocenters. The lowest BCUT2D eigenvalue weighted by atomic mass is 9.88. The van der Waals surface area contributed by atoms with Crippen LogP contribution in [0.5, 0.6) is 0 Å². The van der Waals surface area contributed by atoms with Gasteiger partial charge in [-0.2, -0.15) is 0 Å². The van der Waals surface area contributed by atoms with Crippen molar-refractivity contribution in [2.75, 3.05) is 6.61 Å². The number of carboxylic acid groups (broad SMARTS) is 1. The van der Waals surface area contributed by atoms with Crippen molar-refractivity contribution in [2.45, 2.75) is 38.8 Å². The number of hydrogen-bond acceptors (Lipinski definition) is 5. The molecule has 1 aromatic carbocycles. The van der Waals surface area contributed by atoms with Crippen molar-refractivity contribution >= 4 is 23.2 Å². The SMILES string of the molecule is Cc1nc(C(C)NC(=O)C2CCCOC2c2ccccc2)sc1C(=O)O. The van der Waals surface area contributed by atoms with Crippen molar-refractivity contribution in [3.8, 4) is 0 Å². The van der Waals surface area contributed by atoms with E-state index in [1.807, 2.05) is 37.3 Å². The summed E-state index contributed by atoms with van der Waals surface area (Å²) in [4.78, 5) is 28.6. The largest absolute Gasteiger partial charge is 0.477 e. The molecule has 3 atom stereocenters. The van der Waals surface area contributed by atoms with Gasteiger partial charge in [-0.25, -0.2) is 9.78 Å². The Balaban J connectivity index is 1.73. The number of benzene rings is 1. The zero-order valence-corrected chi connectivity index (χ0v) is 15.6. The van der Waals surface area contributed by atoms with Crippen LogP contribution in [0.3, 0.4) is 0 Å². The molecule has 1 aliphatic rings. The normalized spacial score (nSPS) is 21.2. The van der Waals surface area contributed by atoms with Crippen molar-refractivity contribution in [3.63, 3.8) is 0 Å². The Kier molecular flexibility index (Phi) is 5.68. The highest BCUT2D eigenvalue weighted by molar-refractivity contribution is 7.13. The van der Waals surface area contributed by atoms with Gasteiger partial charge in [0, 0.05) is 6.61 Å². The molecule has 2 heterocycles. The van der Waals surface area contributed by atoms with Crippen LogP contribution in [0, 0.1) is 12.8 Å². The Bertz CT molecular complexity index is 790. The van der Waals surface area contributed by atoms with Gasteiger partial charge in [0.2, 0.25) is 5.91 Å². The number of nitrogens with zero attached hydrogens (tertiary/aromatic N) is 1. The van der Waals surface area contributed by atoms with Gasteiger partial charge in [0.15, 0.2) is 0 Å². The van der Waals surface area contributed by atoms with E-state index in [0.29, 0.717) is 17.3 Å². The summed E-state index contributed by atoms with van der Waals surface area (Å²) in [7, 11) is 0. The number of carboxylic acids is 1. The number of nitrogens with one attached hydrogen (secondary N) is 1. The molecule has 1 amide bonds. The van der Waals surface area contributed by atoms with Gasteiger partial charge in [0.25, 0.3) is 0 Å². The van der Waals surface area contributed by atoms with Crippen LogP contribution in [0.15, 0.2) is 30.3 Å². The molecule has 2 N–H and O–H groups in total. The van der Waals surface area contributed by atoms with E-state index in [1.54, 1.807) is 6.92 Å². The number of thiazole rings is 1. The van der Waals surface area contributed by atoms with Crippen molar-refractivity contribution in [3.05, 3.63) is 51.5 Å². The van der Waals surface area contributed by atoms with Gasteiger partial charge >= 0.3 is 5.97 Å². The first-order chi connectivity index (χ1) is 12.5. The van der Waals surface area contributed by atoms with Crippen LogP contribution in [0.4, 0.5) is 0 Å². The fourth-order valence-corrected chi connectivity index (χ4v) is 4.11. The van der Waals surface area contributed by atoms with E-state index >= 15 is 0 Å². The second kappa shape index (κ2) is 7.97. The summed E-state index contributed by atoms with van der Waals surface area (Å²) in [5, 5.41) is 12.8. The Labute approximate surface area is 156 Å². The van der Waals surface area contributed by atoms with Crippen LogP contribution < -0.4 is 5.32 Å². The third kappa shape index (κ3) is 3.94. The van der Waals surface area contributed by atoms with E-state index in [1.165, 1.54) is 0 Å². The number of carbonyl (C=O) groups is 2. The van der Waals surface area contributed by atoms with Gasteiger partial charge in [0.1, 0.15) is 9.88 Å². The van der Waals surface area contributed by atoms with Crippen LogP contribution in [-0.2, 0) is 9.53 Å². The fourth-order valence-electron chi connectivity index (χ4n) is 3.20. The topological polar surface area (TPSA) is 88.5 Å². The summed E-state index contributed by atoms with van der Waals surface area (Å²) >= 11 is 1.10. The summed E-state index contributed by atoms with van der Waals surface area (Å²) in [6, 6.07) is 9.42. The van der Waals surface area contributed by atoms with Crippen LogP contribution in [0.25, 0.3) is 0 Å². The molecule has 26 heavy (non-hydrogen) atoms. The highest BCUT2D eigenvalue weighted by Crippen LogP contribution is 2.34. The first kappa shape index (κ1) is 18.5. The van der Waals surface area contributed by atoms with E-state index in [4.69, 9.17) is 4.74 Å². The van der Waals surface area contributed by atoms with Gasteiger partial charge in [0.05, 0.1) is 23.8 Å². The summed E-state index contributed by atoms with van der Waals surface area (Å²) in [6.07, 6.45) is 1.34. The smallest absolute Gasteiger partial charge is 0.347 e. The second-order valence-corrected chi connectivity index (χ2v) is 7.48. The quantitative estimate of drug-likeness (QED) is 0.836. The highest BCUT2D eigenvalue weighted by atomic mass is 32.1. The third-order valence-electron chi connectivity index (χ3n) is 4.52. The van der Waals surface area contributed by atoms with Crippen LogP contribution >= 0.6 is 11.3 Å².